The average molecular weight is 429 g/mol. The molecule has 4 aromatic rings. The van der Waals surface area contributed by atoms with Crippen LogP contribution < -0.4 is 11.1 Å². The van der Waals surface area contributed by atoms with E-state index >= 15 is 0 Å². The SMILES string of the molecule is CN1CCC(n2nc(-c3ccc(C(=O)Nc4ccccn4)cc3)c3c(N)ncnc32)CC1. The molecule has 1 amide bonds. The van der Waals surface area contributed by atoms with E-state index in [1.54, 1.807) is 30.5 Å². The van der Waals surface area contributed by atoms with Gasteiger partial charge in [0, 0.05) is 17.3 Å². The molecule has 9 nitrogen and oxygen atoms in total. The van der Waals surface area contributed by atoms with Crippen molar-refractivity contribution in [2.45, 2.75) is 18.9 Å². The summed E-state index contributed by atoms with van der Waals surface area (Å²) < 4.78 is 2.00. The van der Waals surface area contributed by atoms with E-state index in [-0.39, 0.29) is 11.9 Å². The maximum absolute atomic E-state index is 12.6. The Morgan fingerprint density at radius 1 is 1.06 bits per heavy atom. The van der Waals surface area contributed by atoms with Crippen LogP contribution in [0.2, 0.25) is 0 Å². The van der Waals surface area contributed by atoms with Crippen molar-refractivity contribution in [1.82, 2.24) is 29.6 Å². The lowest BCUT2D eigenvalue weighted by Crippen LogP contribution is -2.31. The van der Waals surface area contributed by atoms with E-state index in [1.165, 1.54) is 6.33 Å². The molecule has 162 valence electrons. The number of hydrogen-bond donors (Lipinski definition) is 2. The van der Waals surface area contributed by atoms with Gasteiger partial charge in [-0.3, -0.25) is 4.79 Å². The molecule has 1 saturated heterocycles. The molecule has 0 aliphatic carbocycles. The van der Waals surface area contributed by atoms with E-state index in [2.05, 4.69) is 32.2 Å². The number of nitrogens with one attached hydrogen (secondary N) is 1. The van der Waals surface area contributed by atoms with Gasteiger partial charge in [-0.05, 0) is 57.2 Å². The number of carbonyl (C=O) groups is 1. The molecule has 9 heteroatoms. The second-order valence-electron chi connectivity index (χ2n) is 8.03. The Bertz CT molecular complexity index is 1240. The Morgan fingerprint density at radius 3 is 2.56 bits per heavy atom. The van der Waals surface area contributed by atoms with Crippen LogP contribution in [-0.4, -0.2) is 55.7 Å². The number of likely N-dealkylation sites (tertiary alicyclic amines) is 1. The molecular formula is C23H24N8O. The maximum Gasteiger partial charge on any atom is 0.256 e. The Morgan fingerprint density at radius 2 is 1.84 bits per heavy atom. The van der Waals surface area contributed by atoms with Crippen LogP contribution in [0.3, 0.4) is 0 Å². The number of carbonyl (C=O) groups excluding carboxylic acids is 1. The van der Waals surface area contributed by atoms with Crippen LogP contribution in [0.1, 0.15) is 29.2 Å². The van der Waals surface area contributed by atoms with Crippen molar-refractivity contribution in [3.63, 3.8) is 0 Å². The smallest absolute Gasteiger partial charge is 0.256 e. The largest absolute Gasteiger partial charge is 0.383 e. The second-order valence-corrected chi connectivity index (χ2v) is 8.03. The van der Waals surface area contributed by atoms with Gasteiger partial charge in [0.15, 0.2) is 5.65 Å². The fourth-order valence-corrected chi connectivity index (χ4v) is 4.10. The highest BCUT2D eigenvalue weighted by atomic mass is 16.1. The quantitative estimate of drug-likeness (QED) is 0.513. The summed E-state index contributed by atoms with van der Waals surface area (Å²) in [6, 6.07) is 12.9. The first kappa shape index (κ1) is 20.1. The molecule has 32 heavy (non-hydrogen) atoms. The van der Waals surface area contributed by atoms with Crippen LogP contribution in [-0.2, 0) is 0 Å². The Hall–Kier alpha value is -3.85. The number of piperidine rings is 1. The van der Waals surface area contributed by atoms with Gasteiger partial charge in [0.2, 0.25) is 0 Å². The van der Waals surface area contributed by atoms with Crippen LogP contribution >= 0.6 is 0 Å². The van der Waals surface area contributed by atoms with Crippen LogP contribution in [0.25, 0.3) is 22.3 Å². The minimum atomic E-state index is -0.222. The summed E-state index contributed by atoms with van der Waals surface area (Å²) in [5.41, 5.74) is 9.11. The van der Waals surface area contributed by atoms with E-state index < -0.39 is 0 Å². The minimum absolute atomic E-state index is 0.222. The topological polar surface area (TPSA) is 115 Å². The summed E-state index contributed by atoms with van der Waals surface area (Å²) in [5.74, 6) is 0.690. The van der Waals surface area contributed by atoms with Crippen LogP contribution in [0.15, 0.2) is 55.0 Å². The van der Waals surface area contributed by atoms with Crippen molar-refractivity contribution < 1.29 is 4.79 Å². The first-order valence-corrected chi connectivity index (χ1v) is 10.6. The van der Waals surface area contributed by atoms with Gasteiger partial charge in [-0.2, -0.15) is 5.10 Å². The molecule has 0 unspecified atom stereocenters. The predicted octanol–water partition coefficient (Wildman–Crippen LogP) is 2.99. The molecular weight excluding hydrogens is 404 g/mol. The van der Waals surface area contributed by atoms with E-state index in [4.69, 9.17) is 10.8 Å². The lowest BCUT2D eigenvalue weighted by molar-refractivity contribution is 0.102. The van der Waals surface area contributed by atoms with Crippen molar-refractivity contribution in [3.8, 4) is 11.3 Å². The van der Waals surface area contributed by atoms with Crippen molar-refractivity contribution in [2.75, 3.05) is 31.2 Å². The molecule has 5 rings (SSSR count). The third kappa shape index (κ3) is 3.78. The third-order valence-corrected chi connectivity index (χ3v) is 5.88. The van der Waals surface area contributed by atoms with Gasteiger partial charge < -0.3 is 16.0 Å². The summed E-state index contributed by atoms with van der Waals surface area (Å²) in [7, 11) is 2.13. The van der Waals surface area contributed by atoms with E-state index in [0.717, 1.165) is 48.2 Å². The molecule has 0 radical (unpaired) electrons. The summed E-state index contributed by atoms with van der Waals surface area (Å²) in [6.07, 6.45) is 5.13. The van der Waals surface area contributed by atoms with Crippen molar-refractivity contribution in [3.05, 3.63) is 60.6 Å². The van der Waals surface area contributed by atoms with Gasteiger partial charge in [-0.25, -0.2) is 19.6 Å². The minimum Gasteiger partial charge on any atom is -0.383 e. The number of benzene rings is 1. The molecule has 4 heterocycles. The molecule has 1 aliphatic heterocycles. The fraction of sp³-hybridized carbons (Fsp3) is 0.261. The number of nitrogen functional groups attached to an aromatic ring is 1. The van der Waals surface area contributed by atoms with E-state index in [1.807, 2.05) is 22.9 Å². The number of rotatable bonds is 4. The summed E-state index contributed by atoms with van der Waals surface area (Å²) in [6.45, 7) is 2.03. The number of fused-ring (bicyclic) bond motifs is 1. The molecule has 0 bridgehead atoms. The second kappa shape index (κ2) is 8.35. The van der Waals surface area contributed by atoms with Gasteiger partial charge >= 0.3 is 0 Å². The number of nitrogens with two attached hydrogens (primary N) is 1. The zero-order valence-electron chi connectivity index (χ0n) is 17.8. The van der Waals surface area contributed by atoms with Gasteiger partial charge in [-0.1, -0.05) is 18.2 Å². The number of hydrogen-bond acceptors (Lipinski definition) is 7. The lowest BCUT2D eigenvalue weighted by atomic mass is 10.1. The number of aromatic nitrogens is 5. The number of amides is 1. The van der Waals surface area contributed by atoms with Gasteiger partial charge in [0.1, 0.15) is 23.7 Å². The standard InChI is InChI=1S/C23H24N8O/c1-30-12-9-17(10-13-30)31-22-19(21(24)26-14-27-22)20(29-31)15-5-7-16(8-6-15)23(32)28-18-4-2-3-11-25-18/h2-8,11,14,17H,9-10,12-13H2,1H3,(H2,24,26,27)(H,25,28,32). The molecule has 0 atom stereocenters. The van der Waals surface area contributed by atoms with Crippen molar-refractivity contribution in [2.24, 2.45) is 0 Å². The maximum atomic E-state index is 12.6. The zero-order chi connectivity index (χ0) is 22.1. The molecule has 3 N–H and O–H groups in total. The number of nitrogens with zero attached hydrogens (tertiary/aromatic N) is 6. The van der Waals surface area contributed by atoms with Crippen molar-refractivity contribution >= 4 is 28.6 Å². The first-order valence-electron chi connectivity index (χ1n) is 10.6. The summed E-state index contributed by atoms with van der Waals surface area (Å²) in [5, 5.41) is 8.46. The molecule has 0 saturated carbocycles. The third-order valence-electron chi connectivity index (χ3n) is 5.88. The predicted molar refractivity (Wildman–Crippen MR) is 123 cm³/mol. The lowest BCUT2D eigenvalue weighted by Gasteiger charge is -2.29. The normalized spacial score (nSPS) is 15.2. The van der Waals surface area contributed by atoms with Crippen LogP contribution in [0.4, 0.5) is 11.6 Å². The average Bonchev–Trinajstić information content (AvgIpc) is 3.21. The number of anilines is 2. The van der Waals surface area contributed by atoms with Crippen LogP contribution in [0, 0.1) is 0 Å². The van der Waals surface area contributed by atoms with Gasteiger partial charge in [-0.15, -0.1) is 0 Å². The van der Waals surface area contributed by atoms with Crippen molar-refractivity contribution in [1.29, 1.82) is 0 Å². The Kier molecular flexibility index (Phi) is 5.24. The zero-order valence-corrected chi connectivity index (χ0v) is 17.8. The monoisotopic (exact) mass is 428 g/mol. The molecule has 1 aromatic carbocycles. The highest BCUT2D eigenvalue weighted by molar-refractivity contribution is 6.04. The van der Waals surface area contributed by atoms with Crippen LogP contribution in [0.5, 0.6) is 0 Å². The molecule has 1 fully saturated rings. The Balaban J connectivity index is 1.47. The Labute approximate surface area is 185 Å². The number of pyridine rings is 1. The summed E-state index contributed by atoms with van der Waals surface area (Å²) in [4.78, 5) is 27.7. The molecule has 1 aliphatic rings. The fourth-order valence-electron chi connectivity index (χ4n) is 4.10. The van der Waals surface area contributed by atoms with E-state index in [0.29, 0.717) is 17.2 Å². The van der Waals surface area contributed by atoms with Gasteiger partial charge in [0.25, 0.3) is 5.91 Å². The molecule has 3 aromatic heterocycles. The summed E-state index contributed by atoms with van der Waals surface area (Å²) >= 11 is 0. The first-order chi connectivity index (χ1) is 15.6. The van der Waals surface area contributed by atoms with E-state index in [9.17, 15) is 4.79 Å². The molecule has 0 spiro atoms. The highest BCUT2D eigenvalue weighted by Gasteiger charge is 2.25. The highest BCUT2D eigenvalue weighted by Crippen LogP contribution is 2.34. The van der Waals surface area contributed by atoms with Gasteiger partial charge in [0.05, 0.1) is 11.4 Å².